The molecule has 104 valence electrons. The van der Waals surface area contributed by atoms with Crippen LogP contribution in [0.3, 0.4) is 0 Å². The third kappa shape index (κ3) is 7.94. The lowest BCUT2D eigenvalue weighted by molar-refractivity contribution is -0.137. The summed E-state index contributed by atoms with van der Waals surface area (Å²) >= 11 is 1.11. The molecular formula is C11H20N2O4S. The van der Waals surface area contributed by atoms with Crippen LogP contribution in [0, 0.1) is 5.92 Å². The fraction of sp³-hybridized carbons (Fsp3) is 0.727. The van der Waals surface area contributed by atoms with Crippen LogP contribution in [0.4, 0.5) is 0 Å². The van der Waals surface area contributed by atoms with Gasteiger partial charge in [0.25, 0.3) is 0 Å². The number of amides is 2. The lowest BCUT2D eigenvalue weighted by atomic mass is 10.1. The van der Waals surface area contributed by atoms with E-state index in [1.165, 1.54) is 6.92 Å². The van der Waals surface area contributed by atoms with Crippen molar-refractivity contribution in [3.05, 3.63) is 0 Å². The average molecular weight is 276 g/mol. The standard InChI is InChI=1S/C11H20N2O4S/c1-7(2)10(11(16)17)18-6-9(15)13-5-4-12-8(3)14/h7,10H,4-6H2,1-3H3,(H,12,14)(H,13,15)(H,16,17). The van der Waals surface area contributed by atoms with E-state index in [2.05, 4.69) is 10.6 Å². The highest BCUT2D eigenvalue weighted by atomic mass is 32.2. The van der Waals surface area contributed by atoms with Gasteiger partial charge in [0, 0.05) is 20.0 Å². The Morgan fingerprint density at radius 1 is 1.17 bits per heavy atom. The van der Waals surface area contributed by atoms with Crippen LogP contribution in [0.1, 0.15) is 20.8 Å². The monoisotopic (exact) mass is 276 g/mol. The molecular weight excluding hydrogens is 256 g/mol. The molecule has 0 fully saturated rings. The van der Waals surface area contributed by atoms with Crippen molar-refractivity contribution in [2.75, 3.05) is 18.8 Å². The van der Waals surface area contributed by atoms with Gasteiger partial charge in [-0.15, -0.1) is 11.8 Å². The van der Waals surface area contributed by atoms with Gasteiger partial charge in [-0.2, -0.15) is 0 Å². The smallest absolute Gasteiger partial charge is 0.316 e. The molecule has 0 bridgehead atoms. The third-order valence-electron chi connectivity index (χ3n) is 2.06. The van der Waals surface area contributed by atoms with Crippen molar-refractivity contribution in [2.45, 2.75) is 26.0 Å². The maximum Gasteiger partial charge on any atom is 0.316 e. The van der Waals surface area contributed by atoms with Crippen molar-refractivity contribution in [1.82, 2.24) is 10.6 Å². The second-order valence-electron chi connectivity index (χ2n) is 4.15. The highest BCUT2D eigenvalue weighted by Crippen LogP contribution is 2.19. The zero-order chi connectivity index (χ0) is 14.1. The fourth-order valence-electron chi connectivity index (χ4n) is 1.21. The van der Waals surface area contributed by atoms with E-state index in [1.54, 1.807) is 13.8 Å². The van der Waals surface area contributed by atoms with Crippen LogP contribution >= 0.6 is 11.8 Å². The van der Waals surface area contributed by atoms with Gasteiger partial charge >= 0.3 is 5.97 Å². The largest absolute Gasteiger partial charge is 0.480 e. The third-order valence-corrected chi connectivity index (χ3v) is 3.60. The second kappa shape index (κ2) is 8.79. The first-order valence-electron chi connectivity index (χ1n) is 5.70. The van der Waals surface area contributed by atoms with E-state index in [9.17, 15) is 14.4 Å². The molecule has 1 unspecified atom stereocenters. The molecule has 0 aliphatic carbocycles. The summed E-state index contributed by atoms with van der Waals surface area (Å²) in [6, 6.07) is 0. The molecule has 0 saturated heterocycles. The maximum absolute atomic E-state index is 11.4. The fourth-order valence-corrected chi connectivity index (χ4v) is 2.17. The van der Waals surface area contributed by atoms with Crippen LogP contribution in [0.2, 0.25) is 0 Å². The number of thioether (sulfide) groups is 1. The van der Waals surface area contributed by atoms with Crippen LogP contribution in [0.25, 0.3) is 0 Å². The Morgan fingerprint density at radius 3 is 2.17 bits per heavy atom. The van der Waals surface area contributed by atoms with E-state index in [0.717, 1.165) is 11.8 Å². The Morgan fingerprint density at radius 2 is 1.72 bits per heavy atom. The highest BCUT2D eigenvalue weighted by molar-refractivity contribution is 8.01. The molecule has 6 nitrogen and oxygen atoms in total. The van der Waals surface area contributed by atoms with E-state index in [4.69, 9.17) is 5.11 Å². The van der Waals surface area contributed by atoms with E-state index < -0.39 is 11.2 Å². The van der Waals surface area contributed by atoms with Crippen molar-refractivity contribution in [3.8, 4) is 0 Å². The summed E-state index contributed by atoms with van der Waals surface area (Å²) in [4.78, 5) is 32.8. The van der Waals surface area contributed by atoms with Gasteiger partial charge in [-0.3, -0.25) is 14.4 Å². The Bertz CT molecular complexity index is 307. The summed E-state index contributed by atoms with van der Waals surface area (Å²) < 4.78 is 0. The van der Waals surface area contributed by atoms with Gasteiger partial charge < -0.3 is 15.7 Å². The van der Waals surface area contributed by atoms with Crippen LogP contribution in [0.5, 0.6) is 0 Å². The van der Waals surface area contributed by atoms with Crippen LogP contribution in [-0.4, -0.2) is 47.0 Å². The molecule has 0 radical (unpaired) electrons. The zero-order valence-corrected chi connectivity index (χ0v) is 11.7. The molecule has 1 atom stereocenters. The summed E-state index contributed by atoms with van der Waals surface area (Å²) in [7, 11) is 0. The number of carboxylic acid groups (broad SMARTS) is 1. The van der Waals surface area contributed by atoms with Crippen molar-refractivity contribution in [2.24, 2.45) is 5.92 Å². The quantitative estimate of drug-likeness (QED) is 0.546. The van der Waals surface area contributed by atoms with Crippen LogP contribution in [0.15, 0.2) is 0 Å². The minimum Gasteiger partial charge on any atom is -0.480 e. The molecule has 18 heavy (non-hydrogen) atoms. The second-order valence-corrected chi connectivity index (χ2v) is 5.28. The van der Waals surface area contributed by atoms with Gasteiger partial charge in [0.05, 0.1) is 5.75 Å². The zero-order valence-electron chi connectivity index (χ0n) is 10.9. The number of hydrogen-bond donors (Lipinski definition) is 3. The Hall–Kier alpha value is -1.24. The minimum absolute atomic E-state index is 0.0281. The lowest BCUT2D eigenvalue weighted by Gasteiger charge is -2.15. The first-order chi connectivity index (χ1) is 8.34. The molecule has 7 heteroatoms. The number of aliphatic carboxylic acids is 1. The van der Waals surface area contributed by atoms with Crippen molar-refractivity contribution < 1.29 is 19.5 Å². The predicted molar refractivity (Wildman–Crippen MR) is 70.4 cm³/mol. The minimum atomic E-state index is -0.902. The van der Waals surface area contributed by atoms with Crippen molar-refractivity contribution in [1.29, 1.82) is 0 Å². The first-order valence-corrected chi connectivity index (χ1v) is 6.75. The van der Waals surface area contributed by atoms with Crippen molar-refractivity contribution >= 4 is 29.5 Å². The molecule has 0 saturated carbocycles. The van der Waals surface area contributed by atoms with Gasteiger partial charge in [0.1, 0.15) is 5.25 Å². The van der Waals surface area contributed by atoms with Crippen molar-refractivity contribution in [3.63, 3.8) is 0 Å². The van der Waals surface area contributed by atoms with Gasteiger partial charge in [0.15, 0.2) is 0 Å². The number of hydrogen-bond acceptors (Lipinski definition) is 4. The summed E-state index contributed by atoms with van der Waals surface area (Å²) in [6.07, 6.45) is 0. The highest BCUT2D eigenvalue weighted by Gasteiger charge is 2.22. The maximum atomic E-state index is 11.4. The lowest BCUT2D eigenvalue weighted by Crippen LogP contribution is -2.35. The molecule has 0 rings (SSSR count). The number of nitrogens with one attached hydrogen (secondary N) is 2. The molecule has 0 spiro atoms. The van der Waals surface area contributed by atoms with Crippen LogP contribution in [-0.2, 0) is 14.4 Å². The predicted octanol–water partition coefficient (Wildman–Crippen LogP) is 0.0811. The van der Waals surface area contributed by atoms with Gasteiger partial charge in [-0.05, 0) is 5.92 Å². The molecule has 0 aliphatic rings. The number of rotatable bonds is 8. The Balaban J connectivity index is 3.81. The molecule has 0 aromatic carbocycles. The van der Waals surface area contributed by atoms with Gasteiger partial charge in [-0.25, -0.2) is 0 Å². The first kappa shape index (κ1) is 16.8. The molecule has 0 aliphatic heterocycles. The van der Waals surface area contributed by atoms with E-state index in [0.29, 0.717) is 13.1 Å². The normalized spacial score (nSPS) is 12.0. The molecule has 0 aromatic rings. The summed E-state index contributed by atoms with van der Waals surface area (Å²) in [5.74, 6) is -1.20. The molecule has 3 N–H and O–H groups in total. The molecule has 0 heterocycles. The summed E-state index contributed by atoms with van der Waals surface area (Å²) in [6.45, 7) is 5.73. The SMILES string of the molecule is CC(=O)NCCNC(=O)CSC(C(=O)O)C(C)C. The average Bonchev–Trinajstić information content (AvgIpc) is 2.23. The summed E-state index contributed by atoms with van der Waals surface area (Å²) in [5, 5.41) is 13.5. The van der Waals surface area contributed by atoms with E-state index in [1.807, 2.05) is 0 Å². The number of carbonyl (C=O) groups is 3. The van der Waals surface area contributed by atoms with E-state index in [-0.39, 0.29) is 23.5 Å². The van der Waals surface area contributed by atoms with Crippen LogP contribution < -0.4 is 10.6 Å². The van der Waals surface area contributed by atoms with Gasteiger partial charge in [0.2, 0.25) is 11.8 Å². The molecule has 0 aromatic heterocycles. The summed E-state index contributed by atoms with van der Waals surface area (Å²) in [5.41, 5.74) is 0. The van der Waals surface area contributed by atoms with Gasteiger partial charge in [-0.1, -0.05) is 13.8 Å². The number of carboxylic acids is 1. The topological polar surface area (TPSA) is 95.5 Å². The molecule has 2 amide bonds. The number of carbonyl (C=O) groups excluding carboxylic acids is 2. The Kier molecular flexibility index (Phi) is 8.19. The Labute approximate surface area is 111 Å². The van der Waals surface area contributed by atoms with E-state index >= 15 is 0 Å².